The van der Waals surface area contributed by atoms with Crippen molar-refractivity contribution < 1.29 is 0 Å². The minimum absolute atomic E-state index is 1.01. The van der Waals surface area contributed by atoms with Crippen LogP contribution in [0.15, 0.2) is 59.5 Å². The Balaban J connectivity index is 1.86. The second-order valence-corrected chi connectivity index (χ2v) is 6.06. The Morgan fingerprint density at radius 3 is 2.81 bits per heavy atom. The van der Waals surface area contributed by atoms with Gasteiger partial charge < -0.3 is 5.32 Å². The molecule has 0 spiro atoms. The van der Waals surface area contributed by atoms with Crippen molar-refractivity contribution >= 4 is 21.6 Å². The number of imidazole rings is 1. The molecule has 2 aromatic carbocycles. The van der Waals surface area contributed by atoms with E-state index >= 15 is 0 Å². The van der Waals surface area contributed by atoms with Crippen molar-refractivity contribution in [2.45, 2.75) is 6.42 Å². The Labute approximate surface area is 131 Å². The van der Waals surface area contributed by atoms with Gasteiger partial charge in [-0.15, -0.1) is 0 Å². The van der Waals surface area contributed by atoms with Crippen molar-refractivity contribution in [3.8, 4) is 16.9 Å². The fourth-order valence-corrected chi connectivity index (χ4v) is 3.12. The largest absolute Gasteiger partial charge is 0.384 e. The van der Waals surface area contributed by atoms with E-state index in [0.29, 0.717) is 0 Å². The summed E-state index contributed by atoms with van der Waals surface area (Å²) in [5.74, 6) is 0. The Morgan fingerprint density at radius 2 is 1.95 bits per heavy atom. The first-order valence-corrected chi connectivity index (χ1v) is 7.76. The van der Waals surface area contributed by atoms with Crippen LogP contribution in [0.5, 0.6) is 0 Å². The number of benzene rings is 2. The van der Waals surface area contributed by atoms with E-state index in [1.54, 1.807) is 0 Å². The Hall–Kier alpha value is -2.07. The molecule has 0 amide bonds. The molecule has 0 fully saturated rings. The first-order valence-electron chi connectivity index (χ1n) is 6.97. The van der Waals surface area contributed by atoms with Crippen LogP contribution in [-0.2, 0) is 6.42 Å². The van der Waals surface area contributed by atoms with Crippen molar-refractivity contribution in [2.24, 2.45) is 0 Å². The highest BCUT2D eigenvalue weighted by atomic mass is 79.9. The molecule has 21 heavy (non-hydrogen) atoms. The quantitative estimate of drug-likeness (QED) is 0.755. The lowest BCUT2D eigenvalue weighted by atomic mass is 10.1. The van der Waals surface area contributed by atoms with Gasteiger partial charge in [0.15, 0.2) is 0 Å². The topological polar surface area (TPSA) is 29.9 Å². The summed E-state index contributed by atoms with van der Waals surface area (Å²) in [6.07, 6.45) is 4.89. The minimum atomic E-state index is 1.01. The number of para-hydroxylation sites is 1. The number of halogens is 1. The molecule has 0 saturated heterocycles. The number of nitrogens with zero attached hydrogens (tertiary/aromatic N) is 2. The number of aromatic nitrogens is 2. The zero-order valence-corrected chi connectivity index (χ0v) is 13.0. The summed E-state index contributed by atoms with van der Waals surface area (Å²) in [7, 11) is 0. The third-order valence-electron chi connectivity index (χ3n) is 3.87. The zero-order chi connectivity index (χ0) is 14.2. The van der Waals surface area contributed by atoms with E-state index in [4.69, 9.17) is 0 Å². The lowest BCUT2D eigenvalue weighted by Crippen LogP contribution is -1.98. The van der Waals surface area contributed by atoms with Crippen LogP contribution in [0.2, 0.25) is 0 Å². The summed E-state index contributed by atoms with van der Waals surface area (Å²) in [6.45, 7) is 1.01. The molecule has 3 aromatic rings. The Bertz CT molecular complexity index is 790. The minimum Gasteiger partial charge on any atom is -0.384 e. The first kappa shape index (κ1) is 12.7. The van der Waals surface area contributed by atoms with Crippen LogP contribution in [-0.4, -0.2) is 16.1 Å². The van der Waals surface area contributed by atoms with E-state index in [0.717, 1.165) is 28.8 Å². The van der Waals surface area contributed by atoms with Crippen LogP contribution in [0, 0.1) is 0 Å². The van der Waals surface area contributed by atoms with Gasteiger partial charge in [-0.25, -0.2) is 4.98 Å². The third-order valence-corrected chi connectivity index (χ3v) is 4.39. The highest BCUT2D eigenvalue weighted by molar-refractivity contribution is 9.10. The maximum atomic E-state index is 4.35. The van der Waals surface area contributed by atoms with Crippen LogP contribution < -0.4 is 5.32 Å². The molecule has 0 radical (unpaired) electrons. The molecule has 1 aromatic heterocycles. The molecule has 0 unspecified atom stereocenters. The van der Waals surface area contributed by atoms with E-state index in [1.807, 2.05) is 24.7 Å². The SMILES string of the molecule is Brc1ccc(-n2cncc2-c2cccc3c2NCC3)cc1. The molecule has 104 valence electrons. The predicted molar refractivity (Wildman–Crippen MR) is 88.9 cm³/mol. The van der Waals surface area contributed by atoms with Gasteiger partial charge in [0.1, 0.15) is 0 Å². The molecule has 1 aliphatic heterocycles. The number of hydrogen-bond acceptors (Lipinski definition) is 2. The third kappa shape index (κ3) is 2.16. The van der Waals surface area contributed by atoms with E-state index in [2.05, 4.69) is 61.1 Å². The van der Waals surface area contributed by atoms with Crippen molar-refractivity contribution in [3.05, 3.63) is 65.0 Å². The summed E-state index contributed by atoms with van der Waals surface area (Å²) < 4.78 is 3.21. The van der Waals surface area contributed by atoms with Crippen LogP contribution in [0.3, 0.4) is 0 Å². The fourth-order valence-electron chi connectivity index (χ4n) is 2.85. The van der Waals surface area contributed by atoms with Gasteiger partial charge in [0.05, 0.1) is 18.2 Å². The molecule has 0 aliphatic carbocycles. The summed E-state index contributed by atoms with van der Waals surface area (Å²) in [5.41, 5.74) is 6.07. The molecule has 1 N–H and O–H groups in total. The van der Waals surface area contributed by atoms with Crippen molar-refractivity contribution in [2.75, 3.05) is 11.9 Å². The van der Waals surface area contributed by atoms with Crippen molar-refractivity contribution in [1.29, 1.82) is 0 Å². The molecule has 2 heterocycles. The number of rotatable bonds is 2. The smallest absolute Gasteiger partial charge is 0.0997 e. The predicted octanol–water partition coefficient (Wildman–Crippen LogP) is 4.27. The van der Waals surface area contributed by atoms with Gasteiger partial charge in [-0.2, -0.15) is 0 Å². The number of nitrogens with one attached hydrogen (secondary N) is 1. The van der Waals surface area contributed by atoms with Gasteiger partial charge >= 0.3 is 0 Å². The first-order chi connectivity index (χ1) is 10.3. The fraction of sp³-hybridized carbons (Fsp3) is 0.118. The van der Waals surface area contributed by atoms with Crippen LogP contribution >= 0.6 is 15.9 Å². The monoisotopic (exact) mass is 339 g/mol. The molecule has 4 rings (SSSR count). The standard InChI is InChI=1S/C17H14BrN3/c18-13-4-6-14(7-5-13)21-11-19-10-16(21)15-3-1-2-12-8-9-20-17(12)15/h1-7,10-11,20H,8-9H2. The molecule has 0 atom stereocenters. The van der Waals surface area contributed by atoms with Gasteiger partial charge in [-0.3, -0.25) is 4.57 Å². The normalized spacial score (nSPS) is 13.0. The highest BCUT2D eigenvalue weighted by Gasteiger charge is 2.17. The van der Waals surface area contributed by atoms with Gasteiger partial charge in [0.2, 0.25) is 0 Å². The van der Waals surface area contributed by atoms with Gasteiger partial charge in [0, 0.05) is 28.0 Å². The van der Waals surface area contributed by atoms with Gasteiger partial charge in [0.25, 0.3) is 0 Å². The Morgan fingerprint density at radius 1 is 1.10 bits per heavy atom. The molecular formula is C17H14BrN3. The molecular weight excluding hydrogens is 326 g/mol. The summed E-state index contributed by atoms with van der Waals surface area (Å²) in [5, 5.41) is 3.50. The highest BCUT2D eigenvalue weighted by Crippen LogP contribution is 2.35. The number of hydrogen-bond donors (Lipinski definition) is 1. The van der Waals surface area contributed by atoms with E-state index in [1.165, 1.54) is 16.8 Å². The van der Waals surface area contributed by atoms with Crippen LogP contribution in [0.4, 0.5) is 5.69 Å². The lowest BCUT2D eigenvalue weighted by Gasteiger charge is -2.12. The summed E-state index contributed by atoms with van der Waals surface area (Å²) in [4.78, 5) is 4.35. The number of anilines is 1. The van der Waals surface area contributed by atoms with E-state index < -0.39 is 0 Å². The molecule has 1 aliphatic rings. The Kier molecular flexibility index (Phi) is 3.04. The maximum Gasteiger partial charge on any atom is 0.0997 e. The van der Waals surface area contributed by atoms with Crippen LogP contribution in [0.1, 0.15) is 5.56 Å². The summed E-state index contributed by atoms with van der Waals surface area (Å²) in [6, 6.07) is 14.8. The van der Waals surface area contributed by atoms with Crippen molar-refractivity contribution in [1.82, 2.24) is 9.55 Å². The zero-order valence-electron chi connectivity index (χ0n) is 11.4. The molecule has 0 saturated carbocycles. The van der Waals surface area contributed by atoms with Crippen molar-refractivity contribution in [3.63, 3.8) is 0 Å². The second kappa shape index (κ2) is 5.04. The molecule has 0 bridgehead atoms. The number of fused-ring (bicyclic) bond motifs is 1. The van der Waals surface area contributed by atoms with Crippen LogP contribution in [0.25, 0.3) is 16.9 Å². The average molecular weight is 340 g/mol. The summed E-state index contributed by atoms with van der Waals surface area (Å²) >= 11 is 3.48. The second-order valence-electron chi connectivity index (χ2n) is 5.14. The van der Waals surface area contributed by atoms with Gasteiger partial charge in [-0.05, 0) is 36.2 Å². The van der Waals surface area contributed by atoms with Gasteiger partial charge in [-0.1, -0.05) is 34.1 Å². The lowest BCUT2D eigenvalue weighted by molar-refractivity contribution is 1.06. The molecule has 4 heteroatoms. The van der Waals surface area contributed by atoms with E-state index in [-0.39, 0.29) is 0 Å². The molecule has 3 nitrogen and oxygen atoms in total. The maximum absolute atomic E-state index is 4.35. The average Bonchev–Trinajstić information content (AvgIpc) is 3.16. The van der Waals surface area contributed by atoms with E-state index in [9.17, 15) is 0 Å².